The van der Waals surface area contributed by atoms with Crippen LogP contribution in [0, 0.1) is 0 Å². The first kappa shape index (κ1) is 15.8. The van der Waals surface area contributed by atoms with E-state index in [1.165, 1.54) is 11.6 Å². The van der Waals surface area contributed by atoms with Gasteiger partial charge in [0.05, 0.1) is 0 Å². The molecule has 23 heavy (non-hydrogen) atoms. The summed E-state index contributed by atoms with van der Waals surface area (Å²) < 4.78 is 5.47. The molecule has 0 unspecified atom stereocenters. The topological polar surface area (TPSA) is 70.8 Å². The van der Waals surface area contributed by atoms with Gasteiger partial charge >= 0.3 is 5.97 Å². The van der Waals surface area contributed by atoms with E-state index in [2.05, 4.69) is 16.8 Å². The predicted octanol–water partition coefficient (Wildman–Crippen LogP) is 3.62. The Kier molecular flexibility index (Phi) is 4.52. The van der Waals surface area contributed by atoms with Crippen LogP contribution in [0.5, 0.6) is 0 Å². The van der Waals surface area contributed by atoms with Crippen LogP contribution in [0.2, 0.25) is 0 Å². The lowest BCUT2D eigenvalue weighted by Gasteiger charge is -2.31. The first-order chi connectivity index (χ1) is 11.1. The van der Waals surface area contributed by atoms with E-state index < -0.39 is 5.97 Å². The molecule has 0 saturated carbocycles. The molecule has 1 aliphatic rings. The maximum Gasteiger partial charge on any atom is 0.339 e. The van der Waals surface area contributed by atoms with Crippen molar-refractivity contribution in [1.29, 1.82) is 0 Å². The summed E-state index contributed by atoms with van der Waals surface area (Å²) in [6.45, 7) is 3.15. The second-order valence-electron chi connectivity index (χ2n) is 5.73. The summed E-state index contributed by atoms with van der Waals surface area (Å²) in [5.74, 6) is -0.276. The number of hydrogen-bond donors (Lipinski definition) is 1. The molecule has 0 aliphatic carbocycles. The number of carbonyl (C=O) groups excluding carboxylic acids is 1. The minimum absolute atomic E-state index is 0.0870. The van der Waals surface area contributed by atoms with Crippen molar-refractivity contribution in [3.8, 4) is 0 Å². The highest BCUT2D eigenvalue weighted by Gasteiger charge is 2.28. The van der Waals surface area contributed by atoms with Crippen molar-refractivity contribution in [2.24, 2.45) is 0 Å². The Hall–Kier alpha value is -2.08. The Morgan fingerprint density at radius 3 is 2.65 bits per heavy atom. The number of carboxylic acid groups (broad SMARTS) is 1. The molecule has 0 atom stereocenters. The molecule has 5 nitrogen and oxygen atoms in total. The van der Waals surface area contributed by atoms with E-state index in [0.717, 1.165) is 12.8 Å². The van der Waals surface area contributed by atoms with E-state index >= 15 is 0 Å². The van der Waals surface area contributed by atoms with Crippen molar-refractivity contribution < 1.29 is 19.1 Å². The van der Waals surface area contributed by atoms with Crippen LogP contribution in [0.1, 0.15) is 57.9 Å². The lowest BCUT2D eigenvalue weighted by atomic mass is 9.91. The molecule has 1 fully saturated rings. The van der Waals surface area contributed by atoms with Crippen molar-refractivity contribution in [1.82, 2.24) is 4.90 Å². The molecule has 0 aromatic carbocycles. The number of likely N-dealkylation sites (tertiary alicyclic amines) is 1. The van der Waals surface area contributed by atoms with Crippen molar-refractivity contribution in [3.05, 3.63) is 45.5 Å². The van der Waals surface area contributed by atoms with Crippen LogP contribution in [0.25, 0.3) is 0 Å². The van der Waals surface area contributed by atoms with Gasteiger partial charge in [0.1, 0.15) is 11.3 Å². The SMILES string of the molecule is CCc1oc(C(=O)N2CCC(c3ccsc3)CC2)cc1C(=O)O. The van der Waals surface area contributed by atoms with Gasteiger partial charge in [-0.3, -0.25) is 4.79 Å². The van der Waals surface area contributed by atoms with Gasteiger partial charge in [-0.05, 0) is 41.1 Å². The van der Waals surface area contributed by atoms with Gasteiger partial charge in [-0.15, -0.1) is 0 Å². The highest BCUT2D eigenvalue weighted by molar-refractivity contribution is 7.07. The highest BCUT2D eigenvalue weighted by Crippen LogP contribution is 2.30. The summed E-state index contributed by atoms with van der Waals surface area (Å²) in [7, 11) is 0. The van der Waals surface area contributed by atoms with Crippen molar-refractivity contribution in [2.75, 3.05) is 13.1 Å². The van der Waals surface area contributed by atoms with Gasteiger partial charge in [-0.1, -0.05) is 6.92 Å². The minimum Gasteiger partial charge on any atom is -0.478 e. The van der Waals surface area contributed by atoms with Gasteiger partial charge in [0.2, 0.25) is 0 Å². The Morgan fingerprint density at radius 2 is 2.13 bits per heavy atom. The van der Waals surface area contributed by atoms with Gasteiger partial charge in [-0.2, -0.15) is 11.3 Å². The number of carbonyl (C=O) groups is 2. The second kappa shape index (κ2) is 6.58. The maximum absolute atomic E-state index is 12.5. The third-order valence-corrected chi connectivity index (χ3v) is 5.07. The monoisotopic (exact) mass is 333 g/mol. The van der Waals surface area contributed by atoms with Crippen LogP contribution in [-0.4, -0.2) is 35.0 Å². The number of rotatable bonds is 4. The molecule has 1 saturated heterocycles. The van der Waals surface area contributed by atoms with Crippen LogP contribution in [0.4, 0.5) is 0 Å². The molecule has 2 aromatic rings. The number of nitrogens with zero attached hydrogens (tertiary/aromatic N) is 1. The Bertz CT molecular complexity index is 696. The molecule has 122 valence electrons. The zero-order chi connectivity index (χ0) is 16.4. The number of aryl methyl sites for hydroxylation is 1. The fourth-order valence-corrected chi connectivity index (χ4v) is 3.80. The van der Waals surface area contributed by atoms with Gasteiger partial charge < -0.3 is 14.4 Å². The molecule has 0 radical (unpaired) electrons. The minimum atomic E-state index is -1.05. The standard InChI is InChI=1S/C17H19NO4S/c1-2-14-13(17(20)21)9-15(22-14)16(19)18-6-3-11(4-7-18)12-5-8-23-10-12/h5,8-11H,2-4,6-7H2,1H3,(H,20,21). The first-order valence-electron chi connectivity index (χ1n) is 7.77. The van der Waals surface area contributed by atoms with E-state index in [9.17, 15) is 9.59 Å². The number of hydrogen-bond acceptors (Lipinski definition) is 4. The molecular formula is C17H19NO4S. The largest absolute Gasteiger partial charge is 0.478 e. The maximum atomic E-state index is 12.5. The van der Waals surface area contributed by atoms with Crippen molar-refractivity contribution >= 4 is 23.2 Å². The summed E-state index contributed by atoms with van der Waals surface area (Å²) in [5, 5.41) is 13.4. The first-order valence-corrected chi connectivity index (χ1v) is 8.71. The molecule has 1 amide bonds. The molecule has 6 heteroatoms. The lowest BCUT2D eigenvalue weighted by Crippen LogP contribution is -2.37. The van der Waals surface area contributed by atoms with Gasteiger partial charge in [0.25, 0.3) is 5.91 Å². The number of piperidine rings is 1. The average molecular weight is 333 g/mol. The van der Waals surface area contributed by atoms with Crippen LogP contribution in [0.15, 0.2) is 27.3 Å². The molecule has 1 N–H and O–H groups in total. The zero-order valence-electron chi connectivity index (χ0n) is 12.9. The number of thiophene rings is 1. The quantitative estimate of drug-likeness (QED) is 0.927. The van der Waals surface area contributed by atoms with Crippen LogP contribution in [0.3, 0.4) is 0 Å². The van der Waals surface area contributed by atoms with E-state index in [0.29, 0.717) is 31.2 Å². The Labute approximate surface area is 138 Å². The van der Waals surface area contributed by atoms with Gasteiger partial charge in [0, 0.05) is 25.6 Å². The molecule has 0 bridgehead atoms. The predicted molar refractivity (Wildman–Crippen MR) is 87.2 cm³/mol. The lowest BCUT2D eigenvalue weighted by molar-refractivity contribution is 0.0674. The van der Waals surface area contributed by atoms with Crippen LogP contribution in [-0.2, 0) is 6.42 Å². The van der Waals surface area contributed by atoms with Gasteiger partial charge in [-0.25, -0.2) is 4.79 Å². The van der Waals surface area contributed by atoms with E-state index in [1.807, 2.05) is 6.92 Å². The number of furan rings is 1. The fourth-order valence-electron chi connectivity index (χ4n) is 3.06. The second-order valence-corrected chi connectivity index (χ2v) is 6.51. The Morgan fingerprint density at radius 1 is 1.39 bits per heavy atom. The molecule has 0 spiro atoms. The summed E-state index contributed by atoms with van der Waals surface area (Å²) in [6.07, 6.45) is 2.31. The third kappa shape index (κ3) is 3.17. The summed E-state index contributed by atoms with van der Waals surface area (Å²) in [4.78, 5) is 25.5. The van der Waals surface area contributed by atoms with E-state index in [1.54, 1.807) is 16.2 Å². The highest BCUT2D eigenvalue weighted by atomic mass is 32.1. The van der Waals surface area contributed by atoms with E-state index in [4.69, 9.17) is 9.52 Å². The number of amides is 1. The van der Waals surface area contributed by atoms with Crippen molar-refractivity contribution in [3.63, 3.8) is 0 Å². The van der Waals surface area contributed by atoms with Crippen LogP contribution >= 0.6 is 11.3 Å². The normalized spacial score (nSPS) is 15.8. The zero-order valence-corrected chi connectivity index (χ0v) is 13.8. The summed E-state index contributed by atoms with van der Waals surface area (Å²) >= 11 is 1.70. The third-order valence-electron chi connectivity index (χ3n) is 4.37. The molecule has 3 rings (SSSR count). The van der Waals surface area contributed by atoms with E-state index in [-0.39, 0.29) is 17.2 Å². The molecule has 1 aliphatic heterocycles. The fraction of sp³-hybridized carbons (Fsp3) is 0.412. The smallest absolute Gasteiger partial charge is 0.339 e. The molecule has 2 aromatic heterocycles. The summed E-state index contributed by atoms with van der Waals surface area (Å²) in [5.41, 5.74) is 1.44. The van der Waals surface area contributed by atoms with Crippen LogP contribution < -0.4 is 0 Å². The molecular weight excluding hydrogens is 314 g/mol. The average Bonchev–Trinajstić information content (AvgIpc) is 3.23. The molecule has 3 heterocycles. The number of aromatic carboxylic acids is 1. The Balaban J connectivity index is 1.69. The summed E-state index contributed by atoms with van der Waals surface area (Å²) in [6, 6.07) is 3.50. The van der Waals surface area contributed by atoms with Gasteiger partial charge in [0.15, 0.2) is 5.76 Å². The van der Waals surface area contributed by atoms with Crippen molar-refractivity contribution in [2.45, 2.75) is 32.1 Å². The number of carboxylic acids is 1.